The van der Waals surface area contributed by atoms with Crippen molar-refractivity contribution in [3.63, 3.8) is 0 Å². The van der Waals surface area contributed by atoms with Gasteiger partial charge >= 0.3 is 0 Å². The Morgan fingerprint density at radius 3 is 2.41 bits per heavy atom. The number of rotatable bonds is 7. The first-order valence-electron chi connectivity index (χ1n) is 9.27. The topological polar surface area (TPSA) is 97.1 Å². The van der Waals surface area contributed by atoms with Gasteiger partial charge in [-0.25, -0.2) is 0 Å². The number of anilines is 1. The molecule has 1 atom stereocenters. The lowest BCUT2D eigenvalue weighted by Gasteiger charge is -2.26. The lowest BCUT2D eigenvalue weighted by atomic mass is 10.00. The van der Waals surface area contributed by atoms with Gasteiger partial charge in [0.2, 0.25) is 5.91 Å². The van der Waals surface area contributed by atoms with E-state index in [1.165, 1.54) is 0 Å². The van der Waals surface area contributed by atoms with Crippen molar-refractivity contribution in [1.82, 2.24) is 10.3 Å². The van der Waals surface area contributed by atoms with E-state index in [-0.39, 0.29) is 18.2 Å². The van der Waals surface area contributed by atoms with E-state index in [0.29, 0.717) is 11.3 Å². The van der Waals surface area contributed by atoms with Crippen LogP contribution < -0.4 is 16.4 Å². The number of thiophene rings is 1. The molecule has 0 fully saturated rings. The van der Waals surface area contributed by atoms with Crippen LogP contribution in [0.4, 0.5) is 5.69 Å². The third-order valence-corrected chi connectivity index (χ3v) is 5.73. The number of nitrogens with two attached hydrogens (primary N) is 1. The average Bonchev–Trinajstić information content (AvgIpc) is 3.24. The number of pyridine rings is 1. The molecule has 0 saturated carbocycles. The number of aromatic nitrogens is 1. The van der Waals surface area contributed by atoms with Gasteiger partial charge in [-0.05, 0) is 55.1 Å². The zero-order valence-electron chi connectivity index (χ0n) is 16.4. The summed E-state index contributed by atoms with van der Waals surface area (Å²) >= 11 is 1.60. The quantitative estimate of drug-likeness (QED) is 0.553. The van der Waals surface area contributed by atoms with Gasteiger partial charge < -0.3 is 16.4 Å². The van der Waals surface area contributed by atoms with Crippen molar-refractivity contribution in [3.8, 4) is 0 Å². The maximum absolute atomic E-state index is 12.5. The standard InChI is InChI=1S/C22H24N4O2S/c1-22(2,19-4-3-13-29-19)26-20(27)14-18(23)15-5-7-16(8-6-15)21(28)25-17-9-11-24-12-10-17/h3-13,18H,14,23H2,1-2H3,(H,26,27)(H,24,25,28). The predicted molar refractivity (Wildman–Crippen MR) is 116 cm³/mol. The molecule has 3 aromatic rings. The molecule has 150 valence electrons. The number of hydrogen-bond acceptors (Lipinski definition) is 5. The summed E-state index contributed by atoms with van der Waals surface area (Å²) in [4.78, 5) is 29.8. The van der Waals surface area contributed by atoms with Crippen LogP contribution in [-0.2, 0) is 10.3 Å². The second-order valence-corrected chi connectivity index (χ2v) is 8.22. The molecule has 0 aliphatic rings. The molecule has 0 saturated heterocycles. The fourth-order valence-corrected chi connectivity index (χ4v) is 3.74. The van der Waals surface area contributed by atoms with Crippen molar-refractivity contribution in [2.45, 2.75) is 31.8 Å². The summed E-state index contributed by atoms with van der Waals surface area (Å²) in [7, 11) is 0. The maximum atomic E-state index is 12.5. The molecule has 1 unspecified atom stereocenters. The van der Waals surface area contributed by atoms with E-state index in [1.54, 1.807) is 60.1 Å². The zero-order chi connectivity index (χ0) is 20.9. The minimum absolute atomic E-state index is 0.115. The van der Waals surface area contributed by atoms with Gasteiger partial charge in [0.15, 0.2) is 0 Å². The van der Waals surface area contributed by atoms with Gasteiger partial charge in [0.1, 0.15) is 0 Å². The number of nitrogens with one attached hydrogen (secondary N) is 2. The Morgan fingerprint density at radius 2 is 1.79 bits per heavy atom. The van der Waals surface area contributed by atoms with Crippen LogP contribution in [0, 0.1) is 0 Å². The van der Waals surface area contributed by atoms with E-state index in [4.69, 9.17) is 5.73 Å². The van der Waals surface area contributed by atoms with Crippen molar-refractivity contribution in [2.75, 3.05) is 5.32 Å². The van der Waals surface area contributed by atoms with E-state index in [9.17, 15) is 9.59 Å². The lowest BCUT2D eigenvalue weighted by molar-refractivity contribution is -0.123. The van der Waals surface area contributed by atoms with Crippen LogP contribution in [0.15, 0.2) is 66.3 Å². The van der Waals surface area contributed by atoms with Gasteiger partial charge in [-0.2, -0.15) is 0 Å². The van der Waals surface area contributed by atoms with Crippen LogP contribution in [0.2, 0.25) is 0 Å². The Kier molecular flexibility index (Phi) is 6.41. The van der Waals surface area contributed by atoms with Gasteiger partial charge in [-0.3, -0.25) is 14.6 Å². The van der Waals surface area contributed by atoms with Gasteiger partial charge in [0.25, 0.3) is 5.91 Å². The summed E-state index contributed by atoms with van der Waals surface area (Å²) in [6.07, 6.45) is 3.39. The number of hydrogen-bond donors (Lipinski definition) is 3. The molecule has 29 heavy (non-hydrogen) atoms. The van der Waals surface area contributed by atoms with Crippen LogP contribution in [0.1, 0.15) is 47.1 Å². The lowest BCUT2D eigenvalue weighted by Crippen LogP contribution is -2.41. The van der Waals surface area contributed by atoms with Gasteiger partial charge in [0.05, 0.1) is 5.54 Å². The summed E-state index contributed by atoms with van der Waals surface area (Å²) < 4.78 is 0. The molecule has 2 aromatic heterocycles. The van der Waals surface area contributed by atoms with Crippen LogP contribution in [-0.4, -0.2) is 16.8 Å². The highest BCUT2D eigenvalue weighted by atomic mass is 32.1. The first kappa shape index (κ1) is 20.7. The summed E-state index contributed by atoms with van der Waals surface area (Å²) in [5.74, 6) is -0.331. The number of carbonyl (C=O) groups excluding carboxylic acids is 2. The summed E-state index contributed by atoms with van der Waals surface area (Å²) in [5, 5.41) is 7.83. The average molecular weight is 409 g/mol. The van der Waals surface area contributed by atoms with E-state index in [2.05, 4.69) is 15.6 Å². The maximum Gasteiger partial charge on any atom is 0.255 e. The van der Waals surface area contributed by atoms with Crippen molar-refractivity contribution in [2.24, 2.45) is 5.73 Å². The Labute approximate surface area is 174 Å². The predicted octanol–water partition coefficient (Wildman–Crippen LogP) is 3.84. The van der Waals surface area contributed by atoms with Crippen LogP contribution in [0.5, 0.6) is 0 Å². The van der Waals surface area contributed by atoms with Crippen molar-refractivity contribution in [3.05, 3.63) is 82.3 Å². The fraction of sp³-hybridized carbons (Fsp3) is 0.227. The zero-order valence-corrected chi connectivity index (χ0v) is 17.2. The Bertz CT molecular complexity index is 954. The molecule has 2 amide bonds. The van der Waals surface area contributed by atoms with Crippen LogP contribution >= 0.6 is 11.3 Å². The number of carbonyl (C=O) groups is 2. The molecule has 0 aliphatic carbocycles. The molecule has 1 aromatic carbocycles. The second kappa shape index (κ2) is 8.98. The van der Waals surface area contributed by atoms with E-state index >= 15 is 0 Å². The molecule has 3 rings (SSSR count). The molecule has 0 radical (unpaired) electrons. The Morgan fingerprint density at radius 1 is 1.10 bits per heavy atom. The molecule has 4 N–H and O–H groups in total. The number of nitrogens with zero attached hydrogens (tertiary/aromatic N) is 1. The van der Waals surface area contributed by atoms with Crippen LogP contribution in [0.25, 0.3) is 0 Å². The molecule has 6 nitrogen and oxygen atoms in total. The minimum atomic E-state index is -0.452. The smallest absolute Gasteiger partial charge is 0.255 e. The van der Waals surface area contributed by atoms with Gasteiger partial charge in [0, 0.05) is 41.0 Å². The van der Waals surface area contributed by atoms with Crippen molar-refractivity contribution in [1.29, 1.82) is 0 Å². The summed E-state index contributed by atoms with van der Waals surface area (Å²) in [6.45, 7) is 3.94. The first-order chi connectivity index (χ1) is 13.8. The number of benzene rings is 1. The van der Waals surface area contributed by atoms with Gasteiger partial charge in [-0.15, -0.1) is 11.3 Å². The largest absolute Gasteiger partial charge is 0.346 e. The van der Waals surface area contributed by atoms with Gasteiger partial charge in [-0.1, -0.05) is 18.2 Å². The highest BCUT2D eigenvalue weighted by Crippen LogP contribution is 2.25. The minimum Gasteiger partial charge on any atom is -0.346 e. The van der Waals surface area contributed by atoms with E-state index in [0.717, 1.165) is 10.4 Å². The van der Waals surface area contributed by atoms with Crippen LogP contribution in [0.3, 0.4) is 0 Å². The molecular weight excluding hydrogens is 384 g/mol. The van der Waals surface area contributed by atoms with E-state index < -0.39 is 11.6 Å². The van der Waals surface area contributed by atoms with E-state index in [1.807, 2.05) is 31.4 Å². The molecule has 2 heterocycles. The Balaban J connectivity index is 1.58. The molecule has 7 heteroatoms. The SMILES string of the molecule is CC(C)(NC(=O)CC(N)c1ccc(C(=O)Nc2ccncc2)cc1)c1cccs1. The third-order valence-electron chi connectivity index (χ3n) is 4.53. The summed E-state index contributed by atoms with van der Waals surface area (Å²) in [5.41, 5.74) is 7.76. The van der Waals surface area contributed by atoms with Crippen molar-refractivity contribution >= 4 is 28.8 Å². The second-order valence-electron chi connectivity index (χ2n) is 7.27. The normalized spacial score (nSPS) is 12.2. The van der Waals surface area contributed by atoms with Crippen molar-refractivity contribution < 1.29 is 9.59 Å². The third kappa shape index (κ3) is 5.49. The molecule has 0 aliphatic heterocycles. The molecule has 0 spiro atoms. The molecule has 0 bridgehead atoms. The highest BCUT2D eigenvalue weighted by Gasteiger charge is 2.24. The molecular formula is C22H24N4O2S. The monoisotopic (exact) mass is 408 g/mol. The Hall–Kier alpha value is -3.03. The number of amides is 2. The first-order valence-corrected chi connectivity index (χ1v) is 10.1. The highest BCUT2D eigenvalue weighted by molar-refractivity contribution is 7.10. The fourth-order valence-electron chi connectivity index (χ4n) is 2.93. The summed E-state index contributed by atoms with van der Waals surface area (Å²) in [6, 6.07) is 13.9.